The third kappa shape index (κ3) is 4.09. The van der Waals surface area contributed by atoms with Crippen molar-refractivity contribution in [2.75, 3.05) is 0 Å². The van der Waals surface area contributed by atoms with E-state index in [0.717, 1.165) is 6.07 Å². The van der Waals surface area contributed by atoms with E-state index in [1.54, 1.807) is 24.3 Å². The molecule has 0 heterocycles. The normalized spacial score (nSPS) is 11.4. The Morgan fingerprint density at radius 2 is 1.77 bits per heavy atom. The summed E-state index contributed by atoms with van der Waals surface area (Å²) in [6, 6.07) is 13.7. The number of alkyl halides is 3. The summed E-state index contributed by atoms with van der Waals surface area (Å²) in [5.41, 5.74) is 0.482. The number of hydrogen-bond donors (Lipinski definition) is 0. The lowest BCUT2D eigenvalue weighted by molar-refractivity contribution is -0.138. The zero-order chi connectivity index (χ0) is 16.0. The SMILES string of the molecule is N#Cc1ccc(C=NOCc2ccccc2C(F)(F)F)cc1. The van der Waals surface area contributed by atoms with Crippen LogP contribution in [0.2, 0.25) is 0 Å². The van der Waals surface area contributed by atoms with Gasteiger partial charge in [-0.1, -0.05) is 35.5 Å². The Labute approximate surface area is 125 Å². The van der Waals surface area contributed by atoms with Crippen LogP contribution in [0.3, 0.4) is 0 Å². The first-order valence-electron chi connectivity index (χ1n) is 6.31. The summed E-state index contributed by atoms with van der Waals surface area (Å²) in [4.78, 5) is 4.92. The van der Waals surface area contributed by atoms with Crippen LogP contribution >= 0.6 is 0 Å². The van der Waals surface area contributed by atoms with E-state index in [1.165, 1.54) is 24.4 Å². The van der Waals surface area contributed by atoms with Gasteiger partial charge < -0.3 is 4.84 Å². The van der Waals surface area contributed by atoms with Crippen LogP contribution in [0.25, 0.3) is 0 Å². The van der Waals surface area contributed by atoms with Crippen LogP contribution < -0.4 is 0 Å². The molecule has 0 aliphatic rings. The van der Waals surface area contributed by atoms with Crippen molar-refractivity contribution in [2.45, 2.75) is 12.8 Å². The molecule has 2 rings (SSSR count). The molecule has 0 unspecified atom stereocenters. The van der Waals surface area contributed by atoms with Crippen LogP contribution in [0.15, 0.2) is 53.7 Å². The van der Waals surface area contributed by atoms with Gasteiger partial charge in [-0.2, -0.15) is 18.4 Å². The summed E-state index contributed by atoms with van der Waals surface area (Å²) in [6.45, 7) is -0.275. The first-order chi connectivity index (χ1) is 10.5. The molecule has 6 heteroatoms. The van der Waals surface area contributed by atoms with Crippen molar-refractivity contribution in [1.82, 2.24) is 0 Å². The first kappa shape index (κ1) is 15.6. The molecule has 3 nitrogen and oxygen atoms in total. The molecule has 0 saturated heterocycles. The number of nitrogens with zero attached hydrogens (tertiary/aromatic N) is 2. The molecular weight excluding hydrogens is 293 g/mol. The summed E-state index contributed by atoms with van der Waals surface area (Å²) in [5, 5.41) is 12.3. The van der Waals surface area contributed by atoms with E-state index in [4.69, 9.17) is 10.1 Å². The first-order valence-corrected chi connectivity index (χ1v) is 6.31. The van der Waals surface area contributed by atoms with Gasteiger partial charge in [0.1, 0.15) is 6.61 Å². The molecule has 0 atom stereocenters. The number of rotatable bonds is 4. The fourth-order valence-corrected chi connectivity index (χ4v) is 1.77. The van der Waals surface area contributed by atoms with Crippen LogP contribution in [0.1, 0.15) is 22.3 Å². The predicted molar refractivity (Wildman–Crippen MR) is 75.0 cm³/mol. The lowest BCUT2D eigenvalue weighted by Gasteiger charge is -2.11. The van der Waals surface area contributed by atoms with Crippen LogP contribution in [-0.4, -0.2) is 6.21 Å². The summed E-state index contributed by atoms with van der Waals surface area (Å²) in [5.74, 6) is 0. The highest BCUT2D eigenvalue weighted by Gasteiger charge is 2.32. The van der Waals surface area contributed by atoms with Crippen LogP contribution in [0, 0.1) is 11.3 Å². The molecule has 0 fully saturated rings. The third-order valence-electron chi connectivity index (χ3n) is 2.86. The number of nitriles is 1. The van der Waals surface area contributed by atoms with Crippen LogP contribution in [-0.2, 0) is 17.6 Å². The second-order valence-corrected chi connectivity index (χ2v) is 4.40. The highest BCUT2D eigenvalue weighted by atomic mass is 19.4. The largest absolute Gasteiger partial charge is 0.416 e. The zero-order valence-corrected chi connectivity index (χ0v) is 11.3. The van der Waals surface area contributed by atoms with E-state index in [-0.39, 0.29) is 12.2 Å². The third-order valence-corrected chi connectivity index (χ3v) is 2.86. The van der Waals surface area contributed by atoms with Gasteiger partial charge in [0.2, 0.25) is 0 Å². The van der Waals surface area contributed by atoms with E-state index in [0.29, 0.717) is 11.1 Å². The fourth-order valence-electron chi connectivity index (χ4n) is 1.77. The van der Waals surface area contributed by atoms with Crippen molar-refractivity contribution in [3.05, 3.63) is 70.8 Å². The van der Waals surface area contributed by atoms with E-state index >= 15 is 0 Å². The smallest absolute Gasteiger partial charge is 0.391 e. The average molecular weight is 304 g/mol. The van der Waals surface area contributed by atoms with Crippen LogP contribution in [0.4, 0.5) is 13.2 Å². The minimum Gasteiger partial charge on any atom is -0.391 e. The van der Waals surface area contributed by atoms with Gasteiger partial charge in [0, 0.05) is 5.56 Å². The number of hydrogen-bond acceptors (Lipinski definition) is 3. The van der Waals surface area contributed by atoms with Crippen LogP contribution in [0.5, 0.6) is 0 Å². The summed E-state index contributed by atoms with van der Waals surface area (Å²) >= 11 is 0. The average Bonchev–Trinajstić information content (AvgIpc) is 2.51. The Hall–Kier alpha value is -2.81. The van der Waals surface area contributed by atoms with Gasteiger partial charge >= 0.3 is 6.18 Å². The highest BCUT2D eigenvalue weighted by Crippen LogP contribution is 2.32. The second kappa shape index (κ2) is 6.76. The van der Waals surface area contributed by atoms with E-state index < -0.39 is 11.7 Å². The van der Waals surface area contributed by atoms with Gasteiger partial charge in [-0.05, 0) is 23.8 Å². The van der Waals surface area contributed by atoms with Crippen molar-refractivity contribution in [3.63, 3.8) is 0 Å². The van der Waals surface area contributed by atoms with Crippen molar-refractivity contribution in [1.29, 1.82) is 5.26 Å². The highest BCUT2D eigenvalue weighted by molar-refractivity contribution is 5.79. The molecule has 0 aliphatic carbocycles. The van der Waals surface area contributed by atoms with Gasteiger partial charge in [0.05, 0.1) is 23.4 Å². The molecule has 22 heavy (non-hydrogen) atoms. The van der Waals surface area contributed by atoms with Crippen molar-refractivity contribution >= 4 is 6.21 Å². The molecule has 2 aromatic rings. The number of oxime groups is 1. The lowest BCUT2D eigenvalue weighted by atomic mass is 10.1. The van der Waals surface area contributed by atoms with Gasteiger partial charge in [0.15, 0.2) is 0 Å². The molecule has 2 aromatic carbocycles. The van der Waals surface area contributed by atoms with Crippen molar-refractivity contribution < 1.29 is 18.0 Å². The van der Waals surface area contributed by atoms with E-state index in [9.17, 15) is 13.2 Å². The molecular formula is C16H11F3N2O. The molecule has 0 saturated carbocycles. The Balaban J connectivity index is 1.99. The standard InChI is InChI=1S/C16H11F3N2O/c17-16(18,19)15-4-2-1-3-14(15)11-22-21-10-13-7-5-12(9-20)6-8-13/h1-8,10H,11H2. The van der Waals surface area contributed by atoms with Gasteiger partial charge in [0.25, 0.3) is 0 Å². The van der Waals surface area contributed by atoms with E-state index in [1.807, 2.05) is 6.07 Å². The molecule has 0 N–H and O–H groups in total. The molecule has 0 amide bonds. The Morgan fingerprint density at radius 3 is 2.41 bits per heavy atom. The quantitative estimate of drug-likeness (QED) is 0.630. The summed E-state index contributed by atoms with van der Waals surface area (Å²) < 4.78 is 38.3. The molecule has 112 valence electrons. The maximum absolute atomic E-state index is 12.8. The van der Waals surface area contributed by atoms with E-state index in [2.05, 4.69) is 5.16 Å². The topological polar surface area (TPSA) is 45.4 Å². The minimum atomic E-state index is -4.42. The molecule has 0 bridgehead atoms. The lowest BCUT2D eigenvalue weighted by Crippen LogP contribution is -2.09. The molecule has 0 aliphatic heterocycles. The van der Waals surface area contributed by atoms with Crippen molar-refractivity contribution in [2.24, 2.45) is 5.16 Å². The summed E-state index contributed by atoms with van der Waals surface area (Å²) in [7, 11) is 0. The maximum Gasteiger partial charge on any atom is 0.416 e. The Kier molecular flexibility index (Phi) is 4.79. The molecule has 0 radical (unpaired) electrons. The zero-order valence-electron chi connectivity index (χ0n) is 11.3. The number of benzene rings is 2. The number of halogens is 3. The minimum absolute atomic E-state index is 0.0204. The predicted octanol–water partition coefficient (Wildman–Crippen LogP) is 4.13. The Morgan fingerprint density at radius 1 is 1.09 bits per heavy atom. The van der Waals surface area contributed by atoms with Gasteiger partial charge in [-0.3, -0.25) is 0 Å². The summed E-state index contributed by atoms with van der Waals surface area (Å²) in [6.07, 6.45) is -3.05. The second-order valence-electron chi connectivity index (χ2n) is 4.40. The van der Waals surface area contributed by atoms with Gasteiger partial charge in [-0.25, -0.2) is 0 Å². The molecule has 0 aromatic heterocycles. The monoisotopic (exact) mass is 304 g/mol. The molecule has 0 spiro atoms. The Bertz CT molecular complexity index is 701. The van der Waals surface area contributed by atoms with Crippen molar-refractivity contribution in [3.8, 4) is 6.07 Å². The van der Waals surface area contributed by atoms with Gasteiger partial charge in [-0.15, -0.1) is 0 Å². The maximum atomic E-state index is 12.8. The fraction of sp³-hybridized carbons (Fsp3) is 0.125.